The maximum atomic E-state index is 11.4. The molecule has 0 saturated heterocycles. The molecular weight excluding hydrogens is 260 g/mol. The maximum absolute atomic E-state index is 11.4. The van der Waals surface area contributed by atoms with Crippen molar-refractivity contribution < 1.29 is 14.3 Å². The van der Waals surface area contributed by atoms with Crippen molar-refractivity contribution in [2.24, 2.45) is 0 Å². The zero-order valence-electron chi connectivity index (χ0n) is 8.27. The van der Waals surface area contributed by atoms with Gasteiger partial charge >= 0.3 is 5.97 Å². The van der Waals surface area contributed by atoms with Gasteiger partial charge in [-0.25, -0.2) is 4.79 Å². The lowest BCUT2D eigenvalue weighted by molar-refractivity contribution is -0.107. The molecule has 15 heavy (non-hydrogen) atoms. The average molecular weight is 271 g/mol. The number of rotatable bonds is 4. The lowest BCUT2D eigenvalue weighted by Crippen LogP contribution is -2.05. The van der Waals surface area contributed by atoms with Gasteiger partial charge in [0.2, 0.25) is 0 Å². The summed E-state index contributed by atoms with van der Waals surface area (Å²) in [5.41, 5.74) is 1.20. The number of aldehydes is 1. The van der Waals surface area contributed by atoms with Crippen LogP contribution in [0.2, 0.25) is 0 Å². The Hall–Kier alpha value is -1.16. The molecule has 1 atom stereocenters. The van der Waals surface area contributed by atoms with Crippen LogP contribution in [-0.2, 0) is 9.53 Å². The molecule has 0 bridgehead atoms. The fourth-order valence-electron chi connectivity index (χ4n) is 1.13. The number of halogens is 1. The fraction of sp³-hybridized carbons (Fsp3) is 0.273. The summed E-state index contributed by atoms with van der Waals surface area (Å²) in [5.74, 6) is -0.370. The van der Waals surface area contributed by atoms with Gasteiger partial charge in [-0.1, -0.05) is 28.1 Å². The molecule has 3 nitrogen and oxygen atoms in total. The van der Waals surface area contributed by atoms with E-state index in [1.165, 1.54) is 0 Å². The van der Waals surface area contributed by atoms with E-state index in [1.807, 2.05) is 0 Å². The number of ether oxygens (including phenoxy) is 1. The second-order valence-electron chi connectivity index (χ2n) is 2.88. The highest BCUT2D eigenvalue weighted by molar-refractivity contribution is 9.09. The highest BCUT2D eigenvalue weighted by atomic mass is 79.9. The molecule has 1 unspecified atom stereocenters. The van der Waals surface area contributed by atoms with Gasteiger partial charge in [-0.15, -0.1) is 0 Å². The van der Waals surface area contributed by atoms with Crippen molar-refractivity contribution >= 4 is 28.2 Å². The number of carbonyl (C=O) groups is 2. The molecule has 0 aliphatic rings. The van der Waals surface area contributed by atoms with Crippen molar-refractivity contribution in [3.05, 3.63) is 35.4 Å². The van der Waals surface area contributed by atoms with E-state index in [0.29, 0.717) is 12.2 Å². The summed E-state index contributed by atoms with van der Waals surface area (Å²) in [4.78, 5) is 21.5. The minimum Gasteiger partial charge on any atom is -0.462 e. The molecule has 0 N–H and O–H groups in total. The number of esters is 1. The van der Waals surface area contributed by atoms with Gasteiger partial charge in [0.1, 0.15) is 6.29 Å². The Kier molecular flexibility index (Phi) is 4.49. The zero-order valence-corrected chi connectivity index (χ0v) is 9.86. The molecule has 0 amide bonds. The second-order valence-corrected chi connectivity index (χ2v) is 3.87. The van der Waals surface area contributed by atoms with E-state index in [9.17, 15) is 9.59 Å². The molecule has 1 rings (SSSR count). The average Bonchev–Trinajstić information content (AvgIpc) is 2.28. The van der Waals surface area contributed by atoms with Crippen LogP contribution in [-0.4, -0.2) is 18.9 Å². The molecule has 1 aromatic rings. The second kappa shape index (κ2) is 5.66. The van der Waals surface area contributed by atoms with Crippen molar-refractivity contribution in [2.75, 3.05) is 6.61 Å². The van der Waals surface area contributed by atoms with E-state index in [1.54, 1.807) is 31.2 Å². The Morgan fingerprint density at radius 2 is 2.33 bits per heavy atom. The minimum atomic E-state index is -0.383. The summed E-state index contributed by atoms with van der Waals surface area (Å²) in [6, 6.07) is 6.80. The normalized spacial score (nSPS) is 11.9. The van der Waals surface area contributed by atoms with Gasteiger partial charge in [-0.2, -0.15) is 0 Å². The molecule has 0 aromatic heterocycles. The SMILES string of the molecule is CCOC(=O)c1cccc(C(Br)C=O)c1. The quantitative estimate of drug-likeness (QED) is 0.480. The van der Waals surface area contributed by atoms with Crippen LogP contribution < -0.4 is 0 Å². The summed E-state index contributed by atoms with van der Waals surface area (Å²) in [5, 5.41) is 0. The summed E-state index contributed by atoms with van der Waals surface area (Å²) < 4.78 is 4.85. The highest BCUT2D eigenvalue weighted by Crippen LogP contribution is 2.21. The number of carbonyl (C=O) groups excluding carboxylic acids is 2. The molecular formula is C11H11BrO3. The fourth-order valence-corrected chi connectivity index (χ4v) is 1.41. The third-order valence-corrected chi connectivity index (χ3v) is 2.58. The van der Waals surface area contributed by atoms with Crippen LogP contribution in [0.25, 0.3) is 0 Å². The van der Waals surface area contributed by atoms with E-state index in [2.05, 4.69) is 15.9 Å². The first-order valence-corrected chi connectivity index (χ1v) is 5.47. The van der Waals surface area contributed by atoms with Gasteiger partial charge in [-0.3, -0.25) is 0 Å². The Bertz CT molecular complexity index is 363. The van der Waals surface area contributed by atoms with Gasteiger partial charge in [0.25, 0.3) is 0 Å². The highest BCUT2D eigenvalue weighted by Gasteiger charge is 2.10. The van der Waals surface area contributed by atoms with Crippen LogP contribution in [0.5, 0.6) is 0 Å². The van der Waals surface area contributed by atoms with Crippen molar-refractivity contribution in [3.8, 4) is 0 Å². The third kappa shape index (κ3) is 3.16. The van der Waals surface area contributed by atoms with Crippen LogP contribution in [0.4, 0.5) is 0 Å². The Morgan fingerprint density at radius 1 is 1.60 bits per heavy atom. The molecule has 4 heteroatoms. The molecule has 0 aliphatic heterocycles. The number of hydrogen-bond acceptors (Lipinski definition) is 3. The first-order chi connectivity index (χ1) is 7.19. The van der Waals surface area contributed by atoms with E-state index in [-0.39, 0.29) is 10.8 Å². The van der Waals surface area contributed by atoms with Gasteiger partial charge in [0.05, 0.1) is 17.0 Å². The number of benzene rings is 1. The molecule has 80 valence electrons. The van der Waals surface area contributed by atoms with E-state index in [0.717, 1.165) is 11.8 Å². The largest absolute Gasteiger partial charge is 0.462 e. The monoisotopic (exact) mass is 270 g/mol. The lowest BCUT2D eigenvalue weighted by atomic mass is 10.1. The topological polar surface area (TPSA) is 43.4 Å². The smallest absolute Gasteiger partial charge is 0.338 e. The summed E-state index contributed by atoms with van der Waals surface area (Å²) in [6.45, 7) is 2.09. The van der Waals surface area contributed by atoms with Gasteiger partial charge in [-0.05, 0) is 24.6 Å². The third-order valence-electron chi connectivity index (χ3n) is 1.84. The summed E-state index contributed by atoms with van der Waals surface area (Å²) in [6.07, 6.45) is 0.768. The van der Waals surface area contributed by atoms with Gasteiger partial charge in [0.15, 0.2) is 0 Å². The van der Waals surface area contributed by atoms with Crippen LogP contribution in [0, 0.1) is 0 Å². The molecule has 1 aromatic carbocycles. The maximum Gasteiger partial charge on any atom is 0.338 e. The number of hydrogen-bond donors (Lipinski definition) is 0. The molecule has 0 heterocycles. The van der Waals surface area contributed by atoms with Crippen molar-refractivity contribution in [2.45, 2.75) is 11.8 Å². The zero-order chi connectivity index (χ0) is 11.3. The van der Waals surface area contributed by atoms with Crippen LogP contribution >= 0.6 is 15.9 Å². The van der Waals surface area contributed by atoms with Crippen LogP contribution in [0.1, 0.15) is 27.7 Å². The van der Waals surface area contributed by atoms with Gasteiger partial charge in [0, 0.05) is 0 Å². The lowest BCUT2D eigenvalue weighted by Gasteiger charge is -2.05. The number of alkyl halides is 1. The summed E-state index contributed by atoms with van der Waals surface area (Å²) in [7, 11) is 0. The predicted octanol–water partition coefficient (Wildman–Crippen LogP) is 2.50. The Balaban J connectivity index is 2.91. The van der Waals surface area contributed by atoms with Crippen molar-refractivity contribution in [1.29, 1.82) is 0 Å². The molecule has 0 spiro atoms. The molecule has 0 aliphatic carbocycles. The standard InChI is InChI=1S/C11H11BrO3/c1-2-15-11(14)9-5-3-4-8(6-9)10(12)7-13/h3-7,10H,2H2,1H3. The minimum absolute atomic E-state index is 0.342. The predicted molar refractivity (Wildman–Crippen MR) is 60.1 cm³/mol. The molecule has 0 saturated carbocycles. The molecule has 0 radical (unpaired) electrons. The Morgan fingerprint density at radius 3 is 2.93 bits per heavy atom. The van der Waals surface area contributed by atoms with Crippen LogP contribution in [0.3, 0.4) is 0 Å². The van der Waals surface area contributed by atoms with Crippen molar-refractivity contribution in [1.82, 2.24) is 0 Å². The van der Waals surface area contributed by atoms with E-state index in [4.69, 9.17) is 4.74 Å². The van der Waals surface area contributed by atoms with Crippen molar-refractivity contribution in [3.63, 3.8) is 0 Å². The first kappa shape index (κ1) is 11.9. The van der Waals surface area contributed by atoms with Crippen LogP contribution in [0.15, 0.2) is 24.3 Å². The summed E-state index contributed by atoms with van der Waals surface area (Å²) >= 11 is 3.19. The molecule has 0 fully saturated rings. The van der Waals surface area contributed by atoms with Gasteiger partial charge < -0.3 is 9.53 Å². The van der Waals surface area contributed by atoms with E-state index < -0.39 is 0 Å². The first-order valence-electron chi connectivity index (χ1n) is 4.55. The Labute approximate surface area is 96.6 Å². The van der Waals surface area contributed by atoms with E-state index >= 15 is 0 Å².